The zero-order valence-electron chi connectivity index (χ0n) is 16.5. The Kier molecular flexibility index (Phi) is 5.67. The minimum Gasteiger partial charge on any atom is -0.331 e. The minimum atomic E-state index is -5.58. The van der Waals surface area contributed by atoms with Crippen LogP contribution in [0.25, 0.3) is 5.95 Å². The molecule has 1 aliphatic rings. The molecule has 2 heterocycles. The van der Waals surface area contributed by atoms with Gasteiger partial charge < -0.3 is 4.90 Å². The summed E-state index contributed by atoms with van der Waals surface area (Å²) < 4.78 is 63.7. The van der Waals surface area contributed by atoms with Crippen LogP contribution in [0.2, 0.25) is 0 Å². The van der Waals surface area contributed by atoms with E-state index in [1.165, 1.54) is 34.4 Å². The van der Waals surface area contributed by atoms with Crippen LogP contribution in [0.1, 0.15) is 29.0 Å². The second-order valence-corrected chi connectivity index (χ2v) is 9.18. The van der Waals surface area contributed by atoms with Gasteiger partial charge in [0, 0.05) is 24.5 Å². The monoisotopic (exact) mass is 466 g/mol. The lowest BCUT2D eigenvalue weighted by molar-refractivity contribution is -0.0436. The fraction of sp³-hybridized carbons (Fsp3) is 0.316. The summed E-state index contributed by atoms with van der Waals surface area (Å²) in [5, 5.41) is 4.08. The molecule has 9 nitrogen and oxygen atoms in total. The summed E-state index contributed by atoms with van der Waals surface area (Å²) in [6.07, 6.45) is 6.16. The van der Waals surface area contributed by atoms with E-state index < -0.39 is 26.1 Å². The normalized spacial score (nSPS) is 14.3. The standard InChI is InChI=1S/C19H17F3N6O3S/c20-19(21,22)32(30,31)15-4-1-3-14(9-15)17(29)27(10-13-5-6-13)11-16-25-12-26-28(16)18-23-7-2-8-24-18/h1-4,7-9,12-13H,5-6,10-11H2. The number of carbonyl (C=O) groups excluding carboxylic acids is 1. The molecule has 0 bridgehead atoms. The van der Waals surface area contributed by atoms with Crippen molar-refractivity contribution in [1.82, 2.24) is 29.6 Å². The van der Waals surface area contributed by atoms with Crippen LogP contribution < -0.4 is 0 Å². The van der Waals surface area contributed by atoms with Crippen molar-refractivity contribution < 1.29 is 26.4 Å². The number of rotatable bonds is 7. The molecule has 3 aromatic rings. The van der Waals surface area contributed by atoms with E-state index in [1.54, 1.807) is 6.07 Å². The molecule has 13 heteroatoms. The van der Waals surface area contributed by atoms with E-state index in [2.05, 4.69) is 20.1 Å². The molecule has 0 N–H and O–H groups in total. The number of benzene rings is 1. The van der Waals surface area contributed by atoms with Crippen LogP contribution in [0.5, 0.6) is 0 Å². The first-order valence-corrected chi connectivity index (χ1v) is 11.0. The van der Waals surface area contributed by atoms with Gasteiger partial charge >= 0.3 is 5.51 Å². The molecule has 0 saturated heterocycles. The number of hydrogen-bond donors (Lipinski definition) is 0. The highest BCUT2D eigenvalue weighted by molar-refractivity contribution is 7.92. The molecule has 0 unspecified atom stereocenters. The number of nitrogens with zero attached hydrogens (tertiary/aromatic N) is 6. The highest BCUT2D eigenvalue weighted by atomic mass is 32.2. The van der Waals surface area contributed by atoms with Gasteiger partial charge in [-0.05, 0) is 43.0 Å². The molecule has 1 aromatic carbocycles. The van der Waals surface area contributed by atoms with Gasteiger partial charge in [-0.15, -0.1) is 0 Å². The maximum absolute atomic E-state index is 13.2. The molecular weight excluding hydrogens is 449 g/mol. The van der Waals surface area contributed by atoms with Crippen LogP contribution in [-0.4, -0.2) is 56.0 Å². The smallest absolute Gasteiger partial charge is 0.331 e. The fourth-order valence-corrected chi connectivity index (χ4v) is 3.86. The summed E-state index contributed by atoms with van der Waals surface area (Å²) in [7, 11) is -5.58. The predicted octanol–water partition coefficient (Wildman–Crippen LogP) is 2.40. The summed E-state index contributed by atoms with van der Waals surface area (Å²) in [6, 6.07) is 5.58. The highest BCUT2D eigenvalue weighted by Gasteiger charge is 2.47. The third-order valence-electron chi connectivity index (χ3n) is 4.85. The van der Waals surface area contributed by atoms with E-state index in [1.807, 2.05) is 0 Å². The lowest BCUT2D eigenvalue weighted by atomic mass is 10.2. The average Bonchev–Trinajstić information content (AvgIpc) is 3.47. The molecule has 168 valence electrons. The van der Waals surface area contributed by atoms with Crippen molar-refractivity contribution in [1.29, 1.82) is 0 Å². The SMILES string of the molecule is O=C(c1cccc(S(=O)(=O)C(F)(F)F)c1)N(Cc1ncnn1-c1ncccn1)CC1CC1. The Hall–Kier alpha value is -3.35. The quantitative estimate of drug-likeness (QED) is 0.526. The third-order valence-corrected chi connectivity index (χ3v) is 6.33. The van der Waals surface area contributed by atoms with Crippen LogP contribution >= 0.6 is 0 Å². The van der Waals surface area contributed by atoms with E-state index in [-0.39, 0.29) is 24.0 Å². The van der Waals surface area contributed by atoms with Crippen molar-refractivity contribution in [2.24, 2.45) is 5.92 Å². The minimum absolute atomic E-state index is 0.0101. The van der Waals surface area contributed by atoms with Crippen molar-refractivity contribution >= 4 is 15.7 Å². The van der Waals surface area contributed by atoms with Crippen LogP contribution in [0.15, 0.2) is 53.9 Å². The summed E-state index contributed by atoms with van der Waals surface area (Å²) in [5.41, 5.74) is -5.63. The fourth-order valence-electron chi connectivity index (χ4n) is 3.06. The number of hydrogen-bond acceptors (Lipinski definition) is 7. The lowest BCUT2D eigenvalue weighted by Gasteiger charge is -2.22. The Morgan fingerprint density at radius 1 is 1.12 bits per heavy atom. The van der Waals surface area contributed by atoms with Crippen molar-refractivity contribution in [2.75, 3.05) is 6.54 Å². The molecule has 0 atom stereocenters. The van der Waals surface area contributed by atoms with Gasteiger partial charge in [0.15, 0.2) is 5.82 Å². The van der Waals surface area contributed by atoms with Crippen LogP contribution in [-0.2, 0) is 16.4 Å². The summed E-state index contributed by atoms with van der Waals surface area (Å²) in [6.45, 7) is 0.335. The number of halogens is 3. The van der Waals surface area contributed by atoms with E-state index in [4.69, 9.17) is 0 Å². The van der Waals surface area contributed by atoms with Gasteiger partial charge in [0.2, 0.25) is 0 Å². The Labute approximate surface area is 180 Å². The lowest BCUT2D eigenvalue weighted by Crippen LogP contribution is -2.34. The number of sulfone groups is 1. The van der Waals surface area contributed by atoms with E-state index in [0.29, 0.717) is 12.4 Å². The van der Waals surface area contributed by atoms with Crippen molar-refractivity contribution in [3.8, 4) is 5.95 Å². The Bertz CT molecular complexity index is 1230. The van der Waals surface area contributed by atoms with Gasteiger partial charge in [0.05, 0.1) is 11.4 Å². The van der Waals surface area contributed by atoms with E-state index in [0.717, 1.165) is 31.0 Å². The number of amides is 1. The van der Waals surface area contributed by atoms with Crippen LogP contribution in [0, 0.1) is 5.92 Å². The van der Waals surface area contributed by atoms with Gasteiger partial charge in [-0.3, -0.25) is 4.79 Å². The molecule has 0 spiro atoms. The largest absolute Gasteiger partial charge is 0.501 e. The molecule has 32 heavy (non-hydrogen) atoms. The number of aromatic nitrogens is 5. The maximum atomic E-state index is 13.2. The van der Waals surface area contributed by atoms with Crippen molar-refractivity contribution in [2.45, 2.75) is 29.8 Å². The highest BCUT2D eigenvalue weighted by Crippen LogP contribution is 2.32. The molecular formula is C19H17F3N6O3S. The third kappa shape index (κ3) is 4.47. The van der Waals surface area contributed by atoms with Gasteiger partial charge in [-0.2, -0.15) is 23.0 Å². The first-order chi connectivity index (χ1) is 15.2. The van der Waals surface area contributed by atoms with Gasteiger partial charge in [0.25, 0.3) is 21.7 Å². The van der Waals surface area contributed by atoms with Gasteiger partial charge in [-0.1, -0.05) is 6.07 Å². The topological polar surface area (TPSA) is 111 Å². The summed E-state index contributed by atoms with van der Waals surface area (Å²) in [5.74, 6) is 0.242. The van der Waals surface area contributed by atoms with Crippen LogP contribution in [0.4, 0.5) is 13.2 Å². The molecule has 1 fully saturated rings. The molecule has 1 amide bonds. The molecule has 0 radical (unpaired) electrons. The van der Waals surface area contributed by atoms with Gasteiger partial charge in [-0.25, -0.2) is 23.4 Å². The first kappa shape index (κ1) is 21.9. The van der Waals surface area contributed by atoms with Crippen LogP contribution in [0.3, 0.4) is 0 Å². The second-order valence-electron chi connectivity index (χ2n) is 7.24. The zero-order chi connectivity index (χ0) is 22.9. The van der Waals surface area contributed by atoms with Crippen molar-refractivity contribution in [3.05, 3.63) is 60.4 Å². The second kappa shape index (κ2) is 8.30. The Morgan fingerprint density at radius 2 is 1.84 bits per heavy atom. The number of carbonyl (C=O) groups is 1. The molecule has 2 aromatic heterocycles. The maximum Gasteiger partial charge on any atom is 0.501 e. The number of alkyl halides is 3. The molecule has 0 aliphatic heterocycles. The summed E-state index contributed by atoms with van der Waals surface area (Å²) in [4.78, 5) is 26.0. The first-order valence-electron chi connectivity index (χ1n) is 9.54. The average molecular weight is 466 g/mol. The molecule has 1 aliphatic carbocycles. The van der Waals surface area contributed by atoms with E-state index >= 15 is 0 Å². The Balaban J connectivity index is 1.64. The molecule has 1 saturated carbocycles. The predicted molar refractivity (Wildman–Crippen MR) is 104 cm³/mol. The Morgan fingerprint density at radius 3 is 2.50 bits per heavy atom. The van der Waals surface area contributed by atoms with Gasteiger partial charge in [0.1, 0.15) is 6.33 Å². The van der Waals surface area contributed by atoms with Crippen molar-refractivity contribution in [3.63, 3.8) is 0 Å². The zero-order valence-corrected chi connectivity index (χ0v) is 17.3. The van der Waals surface area contributed by atoms with E-state index in [9.17, 15) is 26.4 Å². The summed E-state index contributed by atoms with van der Waals surface area (Å²) >= 11 is 0. The molecule has 4 rings (SSSR count).